The summed E-state index contributed by atoms with van der Waals surface area (Å²) in [4.78, 5) is 16.3. The van der Waals surface area contributed by atoms with Crippen LogP contribution in [0.5, 0.6) is 23.0 Å². The Morgan fingerprint density at radius 2 is 2.14 bits per heavy atom. The van der Waals surface area contributed by atoms with Gasteiger partial charge in [0.15, 0.2) is 11.5 Å². The Bertz CT molecular complexity index is 643. The number of ether oxygens (including phenoxy) is 4. The molecule has 0 spiro atoms. The topological polar surface area (TPSA) is 102 Å². The summed E-state index contributed by atoms with van der Waals surface area (Å²) in [5.41, 5.74) is 6.25. The number of carbonyl (C=O) groups is 1. The number of nitrogens with zero attached hydrogens (tertiary/aromatic N) is 1. The van der Waals surface area contributed by atoms with Gasteiger partial charge in [0.1, 0.15) is 11.8 Å². The van der Waals surface area contributed by atoms with Crippen molar-refractivity contribution in [3.8, 4) is 23.0 Å². The lowest BCUT2D eigenvalue weighted by atomic mass is 10.0. The van der Waals surface area contributed by atoms with E-state index in [0.717, 1.165) is 5.56 Å². The van der Waals surface area contributed by atoms with Gasteiger partial charge in [0.25, 0.3) is 5.91 Å². The number of oxime groups is 1. The van der Waals surface area contributed by atoms with Crippen molar-refractivity contribution in [3.05, 3.63) is 11.6 Å². The van der Waals surface area contributed by atoms with Gasteiger partial charge in [-0.1, -0.05) is 5.16 Å². The molecular weight excluding hydrogens is 292 g/mol. The summed E-state index contributed by atoms with van der Waals surface area (Å²) < 4.78 is 21.6. The maximum atomic E-state index is 11.1. The van der Waals surface area contributed by atoms with Crippen LogP contribution in [0.4, 0.5) is 0 Å². The molecule has 1 aromatic carbocycles. The summed E-state index contributed by atoms with van der Waals surface area (Å²) in [6, 6.07) is 1.80. The molecule has 8 nitrogen and oxygen atoms in total. The molecule has 0 aromatic heterocycles. The highest BCUT2D eigenvalue weighted by atomic mass is 16.7. The lowest BCUT2D eigenvalue weighted by molar-refractivity contribution is -0.112. The van der Waals surface area contributed by atoms with E-state index < -0.39 is 5.91 Å². The monoisotopic (exact) mass is 308 g/mol. The number of benzene rings is 1. The van der Waals surface area contributed by atoms with E-state index in [4.69, 9.17) is 29.5 Å². The molecule has 2 aliphatic rings. The maximum Gasteiger partial charge on any atom is 0.266 e. The first kappa shape index (κ1) is 14.3. The van der Waals surface area contributed by atoms with Gasteiger partial charge in [-0.3, -0.25) is 4.79 Å². The summed E-state index contributed by atoms with van der Waals surface area (Å²) in [5, 5.41) is 3.70. The smallest absolute Gasteiger partial charge is 0.266 e. The molecule has 0 bridgehead atoms. The first-order chi connectivity index (χ1) is 10.6. The molecule has 1 aromatic rings. The van der Waals surface area contributed by atoms with Gasteiger partial charge < -0.3 is 29.5 Å². The van der Waals surface area contributed by atoms with Crippen LogP contribution in [0.3, 0.4) is 0 Å². The van der Waals surface area contributed by atoms with Crippen molar-refractivity contribution in [3.63, 3.8) is 0 Å². The van der Waals surface area contributed by atoms with Crippen molar-refractivity contribution in [2.24, 2.45) is 10.9 Å². The number of hydrogen-bond acceptors (Lipinski definition) is 7. The van der Waals surface area contributed by atoms with Crippen molar-refractivity contribution >= 4 is 11.6 Å². The quantitative estimate of drug-likeness (QED) is 0.855. The third kappa shape index (κ3) is 2.36. The fourth-order valence-corrected chi connectivity index (χ4v) is 2.52. The zero-order chi connectivity index (χ0) is 15.7. The molecule has 118 valence electrons. The predicted molar refractivity (Wildman–Crippen MR) is 75.5 cm³/mol. The van der Waals surface area contributed by atoms with Crippen LogP contribution in [-0.4, -0.2) is 38.7 Å². The fraction of sp³-hybridized carbons (Fsp3) is 0.429. The molecule has 2 heterocycles. The number of amides is 1. The van der Waals surface area contributed by atoms with E-state index in [9.17, 15) is 4.79 Å². The zero-order valence-electron chi connectivity index (χ0n) is 12.3. The lowest BCUT2D eigenvalue weighted by Gasteiger charge is -2.15. The van der Waals surface area contributed by atoms with Crippen molar-refractivity contribution in [2.45, 2.75) is 18.9 Å². The molecule has 0 saturated carbocycles. The van der Waals surface area contributed by atoms with E-state index in [1.165, 1.54) is 0 Å². The van der Waals surface area contributed by atoms with Crippen molar-refractivity contribution < 1.29 is 28.6 Å². The van der Waals surface area contributed by atoms with Gasteiger partial charge in [0, 0.05) is 18.4 Å². The van der Waals surface area contributed by atoms with Crippen molar-refractivity contribution in [1.29, 1.82) is 0 Å². The van der Waals surface area contributed by atoms with Gasteiger partial charge in [-0.15, -0.1) is 0 Å². The molecule has 0 radical (unpaired) electrons. The average Bonchev–Trinajstić information content (AvgIpc) is 3.15. The molecule has 1 amide bonds. The predicted octanol–water partition coefficient (Wildman–Crippen LogP) is 0.605. The molecule has 2 aliphatic heterocycles. The Hall–Kier alpha value is -2.64. The molecule has 0 unspecified atom stereocenters. The normalized spacial score (nSPS) is 18.6. The number of primary amides is 1. The number of rotatable bonds is 5. The third-order valence-corrected chi connectivity index (χ3v) is 3.53. The Labute approximate surface area is 126 Å². The van der Waals surface area contributed by atoms with Crippen LogP contribution in [0.25, 0.3) is 0 Å². The summed E-state index contributed by atoms with van der Waals surface area (Å²) in [6.45, 7) is 0.111. The van der Waals surface area contributed by atoms with Crippen LogP contribution in [-0.2, 0) is 16.1 Å². The van der Waals surface area contributed by atoms with Gasteiger partial charge in [-0.2, -0.15) is 0 Å². The van der Waals surface area contributed by atoms with Crippen LogP contribution < -0.4 is 24.7 Å². The summed E-state index contributed by atoms with van der Waals surface area (Å²) in [5.74, 6) is 1.56. The van der Waals surface area contributed by atoms with E-state index in [0.29, 0.717) is 35.8 Å². The maximum absolute atomic E-state index is 11.1. The molecular formula is C14H16N2O6. The van der Waals surface area contributed by atoms with E-state index >= 15 is 0 Å². The summed E-state index contributed by atoms with van der Waals surface area (Å²) in [7, 11) is 3.10. The Balaban J connectivity index is 1.87. The highest BCUT2D eigenvalue weighted by Gasteiger charge is 2.30. The van der Waals surface area contributed by atoms with Gasteiger partial charge >= 0.3 is 0 Å². The molecule has 0 aliphatic carbocycles. The summed E-state index contributed by atoms with van der Waals surface area (Å²) in [6.07, 6.45) is 0.535. The number of carbonyl (C=O) groups excluding carboxylic acids is 1. The van der Waals surface area contributed by atoms with Gasteiger partial charge in [-0.25, -0.2) is 0 Å². The van der Waals surface area contributed by atoms with E-state index in [1.54, 1.807) is 20.3 Å². The number of fused-ring (bicyclic) bond motifs is 1. The van der Waals surface area contributed by atoms with Crippen LogP contribution in [0.1, 0.15) is 12.0 Å². The standard InChI is InChI=1S/C14H16N2O6/c1-18-10-4-7(3-8-5-9(14(15)17)16-22-8)11(19-2)13-12(10)20-6-21-13/h4,8H,3,5-6H2,1-2H3,(H2,15,17)/t8-/m0/s1. The highest BCUT2D eigenvalue weighted by Crippen LogP contribution is 2.49. The second-order valence-corrected chi connectivity index (χ2v) is 4.87. The largest absolute Gasteiger partial charge is 0.493 e. The van der Waals surface area contributed by atoms with E-state index in [-0.39, 0.29) is 18.6 Å². The number of methoxy groups -OCH3 is 2. The minimum absolute atomic E-state index is 0.111. The second kappa shape index (κ2) is 5.63. The fourth-order valence-electron chi connectivity index (χ4n) is 2.52. The van der Waals surface area contributed by atoms with E-state index in [1.807, 2.05) is 0 Å². The molecule has 1 atom stereocenters. The first-order valence-corrected chi connectivity index (χ1v) is 6.70. The minimum Gasteiger partial charge on any atom is -0.493 e. The first-order valence-electron chi connectivity index (χ1n) is 6.70. The van der Waals surface area contributed by atoms with Crippen LogP contribution in [0.2, 0.25) is 0 Å². The van der Waals surface area contributed by atoms with Gasteiger partial charge in [0.05, 0.1) is 14.2 Å². The van der Waals surface area contributed by atoms with Crippen molar-refractivity contribution in [2.75, 3.05) is 21.0 Å². The third-order valence-electron chi connectivity index (χ3n) is 3.53. The molecule has 0 fully saturated rings. The number of nitrogens with two attached hydrogens (primary N) is 1. The van der Waals surface area contributed by atoms with Crippen LogP contribution >= 0.6 is 0 Å². The van der Waals surface area contributed by atoms with Gasteiger partial charge in [0.2, 0.25) is 18.3 Å². The number of hydrogen-bond donors (Lipinski definition) is 1. The molecule has 0 saturated heterocycles. The molecule has 22 heavy (non-hydrogen) atoms. The van der Waals surface area contributed by atoms with Crippen LogP contribution in [0.15, 0.2) is 11.2 Å². The second-order valence-electron chi connectivity index (χ2n) is 4.87. The zero-order valence-corrected chi connectivity index (χ0v) is 12.3. The Kier molecular flexibility index (Phi) is 3.66. The minimum atomic E-state index is -0.572. The molecule has 2 N–H and O–H groups in total. The van der Waals surface area contributed by atoms with Crippen LogP contribution in [0, 0.1) is 0 Å². The average molecular weight is 308 g/mol. The Morgan fingerprint density at radius 1 is 1.36 bits per heavy atom. The molecule has 3 rings (SSSR count). The lowest BCUT2D eigenvalue weighted by Crippen LogP contribution is -2.23. The van der Waals surface area contributed by atoms with Crippen molar-refractivity contribution in [1.82, 2.24) is 0 Å². The van der Waals surface area contributed by atoms with Gasteiger partial charge in [-0.05, 0) is 6.07 Å². The summed E-state index contributed by atoms with van der Waals surface area (Å²) >= 11 is 0. The molecule has 8 heteroatoms. The van der Waals surface area contributed by atoms with E-state index in [2.05, 4.69) is 5.16 Å². The SMILES string of the molecule is COc1cc(C[C@H]2CC(C(N)=O)=NO2)c(OC)c2c1OCO2. The Morgan fingerprint density at radius 3 is 2.77 bits per heavy atom. The highest BCUT2D eigenvalue weighted by molar-refractivity contribution is 6.38.